The summed E-state index contributed by atoms with van der Waals surface area (Å²) in [7, 11) is 0. The van der Waals surface area contributed by atoms with Gasteiger partial charge in [-0.15, -0.1) is 0 Å². The number of carbonyl (C=O) groups excluding carboxylic acids is 1. The highest BCUT2D eigenvalue weighted by molar-refractivity contribution is 7.99. The second kappa shape index (κ2) is 7.70. The number of thioether (sulfide) groups is 1. The first-order chi connectivity index (χ1) is 12.8. The van der Waals surface area contributed by atoms with Gasteiger partial charge in [0.25, 0.3) is 11.5 Å². The first-order valence-electron chi connectivity index (χ1n) is 8.04. The van der Waals surface area contributed by atoms with E-state index in [1.165, 1.54) is 23.9 Å². The lowest BCUT2D eigenvalue weighted by molar-refractivity contribution is 0.102. The fourth-order valence-corrected chi connectivity index (χ4v) is 3.11. The van der Waals surface area contributed by atoms with Crippen molar-refractivity contribution in [2.75, 3.05) is 11.9 Å². The Morgan fingerprint density at radius 2 is 2.19 bits per heavy atom. The van der Waals surface area contributed by atoms with Crippen molar-refractivity contribution in [1.29, 1.82) is 0 Å². The Morgan fingerprint density at radius 3 is 2.78 bits per heavy atom. The third kappa shape index (κ3) is 4.22. The molecule has 0 spiro atoms. The summed E-state index contributed by atoms with van der Waals surface area (Å²) in [5.74, 6) is -2.18. The van der Waals surface area contributed by atoms with Gasteiger partial charge in [-0.05, 0) is 24.3 Å². The molecule has 1 aliphatic heterocycles. The molecule has 3 rings (SSSR count). The van der Waals surface area contributed by atoms with Crippen molar-refractivity contribution in [3.8, 4) is 5.88 Å². The van der Waals surface area contributed by atoms with Crippen molar-refractivity contribution < 1.29 is 14.3 Å². The maximum atomic E-state index is 14.3. The summed E-state index contributed by atoms with van der Waals surface area (Å²) in [5.41, 5.74) is -0.526. The van der Waals surface area contributed by atoms with Crippen LogP contribution in [0.3, 0.4) is 0 Å². The van der Waals surface area contributed by atoms with Crippen molar-refractivity contribution in [2.45, 2.75) is 24.3 Å². The van der Waals surface area contributed by atoms with E-state index in [4.69, 9.17) is 0 Å². The zero-order valence-electron chi connectivity index (χ0n) is 14.5. The molecule has 27 heavy (non-hydrogen) atoms. The lowest BCUT2D eigenvalue weighted by Gasteiger charge is -2.09. The average molecular weight is 389 g/mol. The van der Waals surface area contributed by atoms with Crippen LogP contribution in [-0.4, -0.2) is 32.8 Å². The van der Waals surface area contributed by atoms with Gasteiger partial charge in [-0.25, -0.2) is 4.39 Å². The number of azo groups is 1. The van der Waals surface area contributed by atoms with E-state index in [1.54, 1.807) is 6.08 Å². The van der Waals surface area contributed by atoms with Gasteiger partial charge in [0.1, 0.15) is 5.82 Å². The SMILES string of the molecule is CC(C)Sc1nc(O)c(C(=O)Nc2ccc(C3=CCN=N3)c(F)c2)c(=O)[nH]1. The van der Waals surface area contributed by atoms with Gasteiger partial charge < -0.3 is 15.4 Å². The van der Waals surface area contributed by atoms with Crippen molar-refractivity contribution in [2.24, 2.45) is 10.2 Å². The van der Waals surface area contributed by atoms with Gasteiger partial charge in [0.15, 0.2) is 10.7 Å². The molecule has 0 aliphatic carbocycles. The summed E-state index contributed by atoms with van der Waals surface area (Å²) in [6.07, 6.45) is 1.68. The number of aromatic amines is 1. The minimum absolute atomic E-state index is 0.121. The molecular weight excluding hydrogens is 373 g/mol. The van der Waals surface area contributed by atoms with Gasteiger partial charge in [0.05, 0.1) is 12.2 Å². The molecule has 3 N–H and O–H groups in total. The van der Waals surface area contributed by atoms with Crippen LogP contribution in [0.1, 0.15) is 29.8 Å². The molecule has 2 aromatic rings. The minimum atomic E-state index is -0.894. The Hall–Kier alpha value is -3.01. The number of carbonyl (C=O) groups is 1. The number of hydrogen-bond acceptors (Lipinski definition) is 7. The number of aromatic hydroxyl groups is 1. The number of rotatable bonds is 5. The molecule has 140 valence electrons. The number of amides is 1. The van der Waals surface area contributed by atoms with E-state index < -0.39 is 28.7 Å². The third-order valence-electron chi connectivity index (χ3n) is 3.50. The molecular formula is C17H16FN5O3S. The van der Waals surface area contributed by atoms with Gasteiger partial charge in [0, 0.05) is 16.5 Å². The van der Waals surface area contributed by atoms with E-state index in [2.05, 4.69) is 25.5 Å². The number of hydrogen-bond donors (Lipinski definition) is 3. The van der Waals surface area contributed by atoms with E-state index in [0.29, 0.717) is 12.2 Å². The van der Waals surface area contributed by atoms with Gasteiger partial charge in [0.2, 0.25) is 5.88 Å². The van der Waals surface area contributed by atoms with E-state index in [1.807, 2.05) is 13.8 Å². The van der Waals surface area contributed by atoms with Crippen LogP contribution in [0.2, 0.25) is 0 Å². The molecule has 0 unspecified atom stereocenters. The summed E-state index contributed by atoms with van der Waals surface area (Å²) in [6, 6.07) is 4.02. The molecule has 0 radical (unpaired) electrons. The third-order valence-corrected chi connectivity index (χ3v) is 4.39. The zero-order valence-corrected chi connectivity index (χ0v) is 15.3. The van der Waals surface area contributed by atoms with Gasteiger partial charge in [-0.1, -0.05) is 25.6 Å². The highest BCUT2D eigenvalue weighted by atomic mass is 32.2. The average Bonchev–Trinajstić information content (AvgIpc) is 3.07. The molecule has 0 bridgehead atoms. The van der Waals surface area contributed by atoms with Crippen LogP contribution in [0.15, 0.2) is 44.5 Å². The van der Waals surface area contributed by atoms with E-state index >= 15 is 0 Å². The molecule has 0 saturated heterocycles. The van der Waals surface area contributed by atoms with Crippen LogP contribution >= 0.6 is 11.8 Å². The summed E-state index contributed by atoms with van der Waals surface area (Å²) in [4.78, 5) is 30.7. The van der Waals surface area contributed by atoms with Crippen molar-refractivity contribution in [3.05, 3.63) is 51.6 Å². The molecule has 1 amide bonds. The molecule has 1 aromatic heterocycles. The molecule has 8 nitrogen and oxygen atoms in total. The number of halogens is 1. The first-order valence-corrected chi connectivity index (χ1v) is 8.92. The molecule has 0 atom stereocenters. The predicted octanol–water partition coefficient (Wildman–Crippen LogP) is 3.17. The van der Waals surface area contributed by atoms with Crippen molar-refractivity contribution >= 4 is 29.1 Å². The standard InChI is InChI=1S/C17H16FN5O3S/c1-8(2)27-17-21-15(25)13(16(26)22-17)14(24)20-9-3-4-10(11(18)7-9)12-5-6-19-23-12/h3-5,7-8H,6H2,1-2H3,(H,20,24)(H2,21,22,25,26). The van der Waals surface area contributed by atoms with Gasteiger partial charge in [-0.2, -0.15) is 15.2 Å². The zero-order chi connectivity index (χ0) is 19.6. The maximum absolute atomic E-state index is 14.3. The Bertz CT molecular complexity index is 1020. The van der Waals surface area contributed by atoms with Crippen molar-refractivity contribution in [3.63, 3.8) is 0 Å². The Labute approximate surface area is 157 Å². The van der Waals surface area contributed by atoms with Crippen LogP contribution < -0.4 is 10.9 Å². The van der Waals surface area contributed by atoms with Crippen LogP contribution in [0, 0.1) is 5.82 Å². The quantitative estimate of drug-likeness (QED) is 0.536. The highest BCUT2D eigenvalue weighted by Gasteiger charge is 2.20. The lowest BCUT2D eigenvalue weighted by Crippen LogP contribution is -2.24. The van der Waals surface area contributed by atoms with Gasteiger partial charge in [-0.3, -0.25) is 9.59 Å². The number of H-pyrrole nitrogens is 1. The van der Waals surface area contributed by atoms with E-state index in [-0.39, 0.29) is 21.7 Å². The topological polar surface area (TPSA) is 120 Å². The molecule has 0 saturated carbocycles. The molecule has 0 fully saturated rings. The maximum Gasteiger partial charge on any atom is 0.268 e. The Balaban J connectivity index is 1.82. The normalized spacial score (nSPS) is 13.1. The van der Waals surface area contributed by atoms with E-state index in [9.17, 15) is 19.1 Å². The Kier molecular flexibility index (Phi) is 5.36. The number of aromatic nitrogens is 2. The second-order valence-corrected chi connectivity index (χ2v) is 7.46. The Morgan fingerprint density at radius 1 is 1.41 bits per heavy atom. The van der Waals surface area contributed by atoms with Crippen LogP contribution in [0.25, 0.3) is 5.70 Å². The number of nitrogens with one attached hydrogen (secondary N) is 2. The molecule has 1 aliphatic rings. The smallest absolute Gasteiger partial charge is 0.268 e. The number of nitrogens with zero attached hydrogens (tertiary/aromatic N) is 3. The number of anilines is 1. The van der Waals surface area contributed by atoms with Crippen LogP contribution in [-0.2, 0) is 0 Å². The summed E-state index contributed by atoms with van der Waals surface area (Å²) < 4.78 is 14.3. The summed E-state index contributed by atoms with van der Waals surface area (Å²) >= 11 is 1.24. The van der Waals surface area contributed by atoms with Crippen molar-refractivity contribution in [1.82, 2.24) is 9.97 Å². The summed E-state index contributed by atoms with van der Waals surface area (Å²) in [5, 5.41) is 20.3. The van der Waals surface area contributed by atoms with Crippen LogP contribution in [0.5, 0.6) is 5.88 Å². The summed E-state index contributed by atoms with van der Waals surface area (Å²) in [6.45, 7) is 4.18. The molecule has 2 heterocycles. The first kappa shape index (κ1) is 18.8. The minimum Gasteiger partial charge on any atom is -0.493 e. The van der Waals surface area contributed by atoms with Crippen LogP contribution in [0.4, 0.5) is 10.1 Å². The van der Waals surface area contributed by atoms with Gasteiger partial charge >= 0.3 is 0 Å². The predicted molar refractivity (Wildman–Crippen MR) is 99.6 cm³/mol. The lowest BCUT2D eigenvalue weighted by atomic mass is 10.1. The van der Waals surface area contributed by atoms with E-state index in [0.717, 1.165) is 6.07 Å². The second-order valence-electron chi connectivity index (χ2n) is 5.90. The number of benzene rings is 1. The monoisotopic (exact) mass is 389 g/mol. The molecule has 1 aromatic carbocycles. The fraction of sp³-hybridized carbons (Fsp3) is 0.235. The fourth-order valence-electron chi connectivity index (χ4n) is 2.37. The highest BCUT2D eigenvalue weighted by Crippen LogP contribution is 2.26. The molecule has 10 heteroatoms. The largest absolute Gasteiger partial charge is 0.493 e.